The van der Waals surface area contributed by atoms with Crippen molar-refractivity contribution < 1.29 is 0 Å². The first-order valence-corrected chi connectivity index (χ1v) is 5.29. The number of benzene rings is 1. The standard InChI is InChI=1S/C10H10N3P/c1-2-5-9(6-3-1)14-13-10-11-7-4-8-12-10/h1-8,14H,(H,11,12,13). The van der Waals surface area contributed by atoms with E-state index in [1.165, 1.54) is 5.30 Å². The molecule has 0 amide bonds. The molecule has 1 unspecified atom stereocenters. The number of hydrogen-bond donors (Lipinski definition) is 1. The number of aromatic nitrogens is 2. The Morgan fingerprint density at radius 2 is 1.64 bits per heavy atom. The molecule has 0 aliphatic rings. The maximum absolute atomic E-state index is 4.08. The molecule has 1 aromatic heterocycles. The van der Waals surface area contributed by atoms with Crippen LogP contribution in [0.3, 0.4) is 0 Å². The van der Waals surface area contributed by atoms with Gasteiger partial charge in [-0.1, -0.05) is 30.3 Å². The first-order chi connectivity index (χ1) is 6.95. The van der Waals surface area contributed by atoms with Gasteiger partial charge in [0.1, 0.15) is 0 Å². The van der Waals surface area contributed by atoms with E-state index in [1.54, 1.807) is 18.5 Å². The van der Waals surface area contributed by atoms with Crippen LogP contribution in [0.25, 0.3) is 0 Å². The molecule has 0 aliphatic carbocycles. The topological polar surface area (TPSA) is 37.8 Å². The van der Waals surface area contributed by atoms with Crippen LogP contribution in [0.1, 0.15) is 0 Å². The highest BCUT2D eigenvalue weighted by atomic mass is 31.1. The number of anilines is 1. The van der Waals surface area contributed by atoms with E-state index in [4.69, 9.17) is 0 Å². The summed E-state index contributed by atoms with van der Waals surface area (Å²) in [6.07, 6.45) is 3.45. The molecule has 0 spiro atoms. The lowest BCUT2D eigenvalue weighted by atomic mass is 10.4. The van der Waals surface area contributed by atoms with Crippen molar-refractivity contribution in [1.29, 1.82) is 0 Å². The van der Waals surface area contributed by atoms with Crippen LogP contribution in [-0.4, -0.2) is 9.97 Å². The zero-order valence-electron chi connectivity index (χ0n) is 7.51. The number of rotatable bonds is 3. The van der Waals surface area contributed by atoms with Gasteiger partial charge >= 0.3 is 0 Å². The molecule has 1 aromatic carbocycles. The first-order valence-electron chi connectivity index (χ1n) is 4.29. The van der Waals surface area contributed by atoms with E-state index >= 15 is 0 Å². The summed E-state index contributed by atoms with van der Waals surface area (Å²) in [7, 11) is 0.507. The summed E-state index contributed by atoms with van der Waals surface area (Å²) < 4.78 is 0. The monoisotopic (exact) mass is 203 g/mol. The minimum Gasteiger partial charge on any atom is -0.332 e. The zero-order valence-corrected chi connectivity index (χ0v) is 8.51. The summed E-state index contributed by atoms with van der Waals surface area (Å²) in [6, 6.07) is 12.0. The first kappa shape index (κ1) is 9.10. The molecule has 70 valence electrons. The van der Waals surface area contributed by atoms with Crippen LogP contribution in [0.4, 0.5) is 5.95 Å². The van der Waals surface area contributed by atoms with Crippen molar-refractivity contribution in [3.8, 4) is 0 Å². The van der Waals surface area contributed by atoms with E-state index in [0.717, 1.165) is 0 Å². The van der Waals surface area contributed by atoms with E-state index in [9.17, 15) is 0 Å². The largest absolute Gasteiger partial charge is 0.332 e. The Morgan fingerprint density at radius 1 is 0.929 bits per heavy atom. The Balaban J connectivity index is 1.96. The molecule has 0 bridgehead atoms. The van der Waals surface area contributed by atoms with E-state index < -0.39 is 0 Å². The number of hydrogen-bond acceptors (Lipinski definition) is 3. The molecule has 1 N–H and O–H groups in total. The Bertz CT molecular complexity index is 338. The van der Waals surface area contributed by atoms with Crippen LogP contribution < -0.4 is 10.4 Å². The Morgan fingerprint density at radius 3 is 2.36 bits per heavy atom. The molecular formula is C10H10N3P. The molecule has 0 fully saturated rings. The number of nitrogens with one attached hydrogen (secondary N) is 1. The summed E-state index contributed by atoms with van der Waals surface area (Å²) in [4.78, 5) is 8.16. The van der Waals surface area contributed by atoms with Crippen molar-refractivity contribution in [2.24, 2.45) is 0 Å². The molecule has 1 heterocycles. The lowest BCUT2D eigenvalue weighted by molar-refractivity contribution is 1.19. The van der Waals surface area contributed by atoms with Crippen LogP contribution in [0.2, 0.25) is 0 Å². The molecule has 0 radical (unpaired) electrons. The van der Waals surface area contributed by atoms with Crippen LogP contribution in [0.5, 0.6) is 0 Å². The third-order valence-corrected chi connectivity index (χ3v) is 2.63. The Kier molecular flexibility index (Phi) is 3.04. The molecule has 0 saturated carbocycles. The average Bonchev–Trinajstić information content (AvgIpc) is 2.29. The zero-order chi connectivity index (χ0) is 9.64. The van der Waals surface area contributed by atoms with Gasteiger partial charge in [0.15, 0.2) is 0 Å². The van der Waals surface area contributed by atoms with Crippen LogP contribution in [0.15, 0.2) is 48.8 Å². The van der Waals surface area contributed by atoms with Crippen LogP contribution in [-0.2, 0) is 0 Å². The fourth-order valence-electron chi connectivity index (χ4n) is 1.01. The van der Waals surface area contributed by atoms with E-state index in [0.29, 0.717) is 14.7 Å². The fraction of sp³-hybridized carbons (Fsp3) is 0. The molecule has 0 aliphatic heterocycles. The lowest BCUT2D eigenvalue weighted by Gasteiger charge is -2.02. The quantitative estimate of drug-likeness (QED) is 0.773. The molecule has 2 rings (SSSR count). The van der Waals surface area contributed by atoms with Crippen LogP contribution >= 0.6 is 8.73 Å². The van der Waals surface area contributed by atoms with Gasteiger partial charge < -0.3 is 5.09 Å². The van der Waals surface area contributed by atoms with E-state index in [-0.39, 0.29) is 0 Å². The summed E-state index contributed by atoms with van der Waals surface area (Å²) in [5.74, 6) is 0.676. The second kappa shape index (κ2) is 4.68. The molecule has 3 nitrogen and oxygen atoms in total. The third kappa shape index (κ3) is 2.51. The number of nitrogens with zero attached hydrogens (tertiary/aromatic N) is 2. The highest BCUT2D eigenvalue weighted by molar-refractivity contribution is 7.48. The van der Waals surface area contributed by atoms with Gasteiger partial charge in [0.2, 0.25) is 5.95 Å². The van der Waals surface area contributed by atoms with Gasteiger partial charge in [-0.15, -0.1) is 0 Å². The Labute approximate surface area is 84.4 Å². The summed E-state index contributed by atoms with van der Waals surface area (Å²) in [6.45, 7) is 0. The summed E-state index contributed by atoms with van der Waals surface area (Å²) in [5, 5.41) is 4.42. The predicted molar refractivity (Wildman–Crippen MR) is 60.0 cm³/mol. The van der Waals surface area contributed by atoms with Gasteiger partial charge in [0.05, 0.1) is 0 Å². The highest BCUT2D eigenvalue weighted by Gasteiger charge is 1.93. The molecule has 2 aromatic rings. The normalized spacial score (nSPS) is 10.6. The molecule has 0 saturated heterocycles. The van der Waals surface area contributed by atoms with Gasteiger partial charge in [-0.05, 0) is 11.4 Å². The Hall–Kier alpha value is -1.47. The maximum atomic E-state index is 4.08. The van der Waals surface area contributed by atoms with Crippen molar-refractivity contribution in [3.63, 3.8) is 0 Å². The van der Waals surface area contributed by atoms with Crippen molar-refractivity contribution in [3.05, 3.63) is 48.8 Å². The van der Waals surface area contributed by atoms with Crippen LogP contribution in [0, 0.1) is 0 Å². The molecular weight excluding hydrogens is 193 g/mol. The average molecular weight is 203 g/mol. The van der Waals surface area contributed by atoms with Crippen molar-refractivity contribution >= 4 is 20.0 Å². The third-order valence-electron chi connectivity index (χ3n) is 1.66. The molecule has 14 heavy (non-hydrogen) atoms. The minimum absolute atomic E-state index is 0.507. The van der Waals surface area contributed by atoms with Gasteiger partial charge in [-0.3, -0.25) is 0 Å². The molecule has 4 heteroatoms. The summed E-state index contributed by atoms with van der Waals surface area (Å²) in [5.41, 5.74) is 0. The SMILES string of the molecule is c1ccc(PNc2ncccn2)cc1. The van der Waals surface area contributed by atoms with E-state index in [1.807, 2.05) is 18.2 Å². The van der Waals surface area contributed by atoms with Crippen molar-refractivity contribution in [2.75, 3.05) is 5.09 Å². The fourth-order valence-corrected chi connectivity index (χ4v) is 1.76. The maximum Gasteiger partial charge on any atom is 0.225 e. The van der Waals surface area contributed by atoms with Crippen molar-refractivity contribution in [1.82, 2.24) is 9.97 Å². The smallest absolute Gasteiger partial charge is 0.225 e. The predicted octanol–water partition coefficient (Wildman–Crippen LogP) is 1.81. The highest BCUT2D eigenvalue weighted by Crippen LogP contribution is 2.11. The minimum atomic E-state index is 0.507. The lowest BCUT2D eigenvalue weighted by Crippen LogP contribution is -1.99. The van der Waals surface area contributed by atoms with Gasteiger partial charge in [-0.25, -0.2) is 9.97 Å². The van der Waals surface area contributed by atoms with E-state index in [2.05, 4.69) is 27.2 Å². The van der Waals surface area contributed by atoms with Gasteiger partial charge in [0.25, 0.3) is 0 Å². The summed E-state index contributed by atoms with van der Waals surface area (Å²) >= 11 is 0. The second-order valence-electron chi connectivity index (χ2n) is 2.69. The second-order valence-corrected chi connectivity index (χ2v) is 3.77. The van der Waals surface area contributed by atoms with Crippen molar-refractivity contribution in [2.45, 2.75) is 0 Å². The van der Waals surface area contributed by atoms with Gasteiger partial charge in [-0.2, -0.15) is 0 Å². The van der Waals surface area contributed by atoms with Gasteiger partial charge in [0, 0.05) is 21.1 Å². The molecule has 1 atom stereocenters.